The van der Waals surface area contributed by atoms with Crippen LogP contribution in [0.4, 0.5) is 11.5 Å². The van der Waals surface area contributed by atoms with Crippen LogP contribution >= 0.6 is 11.6 Å². The molecule has 24 heavy (non-hydrogen) atoms. The number of nitrogens with zero attached hydrogens (tertiary/aromatic N) is 3. The summed E-state index contributed by atoms with van der Waals surface area (Å²) in [6.45, 7) is 0.493. The maximum Gasteiger partial charge on any atom is 0.278 e. The van der Waals surface area contributed by atoms with Gasteiger partial charge in [0.1, 0.15) is 0 Å². The van der Waals surface area contributed by atoms with Crippen molar-refractivity contribution < 1.29 is 4.79 Å². The molecule has 6 nitrogen and oxygen atoms in total. The van der Waals surface area contributed by atoms with Gasteiger partial charge >= 0.3 is 0 Å². The van der Waals surface area contributed by atoms with Crippen LogP contribution in [0.25, 0.3) is 0 Å². The van der Waals surface area contributed by atoms with Crippen LogP contribution in [0.3, 0.4) is 0 Å². The molecule has 2 aromatic carbocycles. The number of nitrogens with one attached hydrogen (secondary N) is 2. The molecular weight excluding hydrogens is 326 g/mol. The van der Waals surface area contributed by atoms with E-state index in [-0.39, 0.29) is 11.6 Å². The first kappa shape index (κ1) is 16.0. The molecule has 0 atom stereocenters. The van der Waals surface area contributed by atoms with Crippen molar-refractivity contribution in [2.75, 3.05) is 12.4 Å². The quantitative estimate of drug-likeness (QED) is 0.745. The van der Waals surface area contributed by atoms with Crippen LogP contribution in [0, 0.1) is 0 Å². The van der Waals surface area contributed by atoms with Crippen LogP contribution in [0.2, 0.25) is 5.02 Å². The van der Waals surface area contributed by atoms with Crippen molar-refractivity contribution >= 4 is 29.0 Å². The van der Waals surface area contributed by atoms with E-state index < -0.39 is 0 Å². The normalized spacial score (nSPS) is 10.4. The molecule has 1 amide bonds. The molecule has 0 spiro atoms. The van der Waals surface area contributed by atoms with Crippen LogP contribution in [0.5, 0.6) is 0 Å². The highest BCUT2D eigenvalue weighted by molar-refractivity contribution is 6.30. The second-order valence-electron chi connectivity index (χ2n) is 5.30. The summed E-state index contributed by atoms with van der Waals surface area (Å²) in [6.07, 6.45) is 0. The zero-order valence-electron chi connectivity index (χ0n) is 13.0. The standard InChI is InChI=1S/C17H16ClN5O/c1-23(11-12-5-3-2-4-6-12)17(24)15-16(21-22-20-15)19-14-9-7-13(18)8-10-14/h2-10H,11H2,1H3,(H2,19,20,21,22). The Morgan fingerprint density at radius 2 is 1.83 bits per heavy atom. The summed E-state index contributed by atoms with van der Waals surface area (Å²) >= 11 is 5.87. The third kappa shape index (κ3) is 3.72. The molecule has 122 valence electrons. The van der Waals surface area contributed by atoms with E-state index in [1.54, 1.807) is 36.2 Å². The van der Waals surface area contributed by atoms with Gasteiger partial charge in [0, 0.05) is 24.3 Å². The summed E-state index contributed by atoms with van der Waals surface area (Å²) < 4.78 is 0. The monoisotopic (exact) mass is 341 g/mol. The van der Waals surface area contributed by atoms with E-state index in [1.807, 2.05) is 30.3 Å². The fourth-order valence-corrected chi connectivity index (χ4v) is 2.37. The molecular formula is C17H16ClN5O. The van der Waals surface area contributed by atoms with Crippen molar-refractivity contribution in [3.63, 3.8) is 0 Å². The summed E-state index contributed by atoms with van der Waals surface area (Å²) in [6, 6.07) is 16.9. The first-order valence-corrected chi connectivity index (χ1v) is 7.74. The van der Waals surface area contributed by atoms with Crippen LogP contribution in [0.15, 0.2) is 54.6 Å². The van der Waals surface area contributed by atoms with Crippen LogP contribution in [-0.2, 0) is 6.54 Å². The number of carbonyl (C=O) groups is 1. The number of carbonyl (C=O) groups excluding carboxylic acids is 1. The molecule has 7 heteroatoms. The second-order valence-corrected chi connectivity index (χ2v) is 5.74. The summed E-state index contributed by atoms with van der Waals surface area (Å²) in [5.41, 5.74) is 2.06. The van der Waals surface area contributed by atoms with E-state index in [0.717, 1.165) is 11.3 Å². The van der Waals surface area contributed by atoms with Crippen LogP contribution < -0.4 is 5.32 Å². The van der Waals surface area contributed by atoms with Gasteiger partial charge in [-0.3, -0.25) is 4.79 Å². The Morgan fingerprint density at radius 1 is 1.12 bits per heavy atom. The van der Waals surface area contributed by atoms with Gasteiger partial charge in [0.15, 0.2) is 11.5 Å². The lowest BCUT2D eigenvalue weighted by Crippen LogP contribution is -2.27. The third-order valence-corrected chi connectivity index (χ3v) is 3.72. The van der Waals surface area contributed by atoms with Gasteiger partial charge in [-0.2, -0.15) is 5.21 Å². The van der Waals surface area contributed by atoms with Crippen molar-refractivity contribution in [1.29, 1.82) is 0 Å². The Bertz CT molecular complexity index is 817. The molecule has 0 unspecified atom stereocenters. The Balaban J connectivity index is 1.74. The lowest BCUT2D eigenvalue weighted by atomic mass is 10.2. The zero-order valence-corrected chi connectivity index (χ0v) is 13.8. The number of aromatic amines is 1. The molecule has 1 aromatic heterocycles. The summed E-state index contributed by atoms with van der Waals surface area (Å²) in [7, 11) is 1.73. The molecule has 3 rings (SSSR count). The molecule has 3 aromatic rings. The van der Waals surface area contributed by atoms with Crippen molar-refractivity contribution in [3.05, 3.63) is 70.9 Å². The van der Waals surface area contributed by atoms with Gasteiger partial charge in [0.05, 0.1) is 0 Å². The Kier molecular flexibility index (Phi) is 4.77. The smallest absolute Gasteiger partial charge is 0.278 e. The lowest BCUT2D eigenvalue weighted by Gasteiger charge is -2.16. The summed E-state index contributed by atoms with van der Waals surface area (Å²) in [5, 5.41) is 14.2. The number of benzene rings is 2. The van der Waals surface area contributed by atoms with Crippen LogP contribution in [0.1, 0.15) is 16.1 Å². The van der Waals surface area contributed by atoms with Gasteiger partial charge in [0.25, 0.3) is 5.91 Å². The van der Waals surface area contributed by atoms with Gasteiger partial charge in [-0.05, 0) is 29.8 Å². The molecule has 0 aliphatic carbocycles. The van der Waals surface area contributed by atoms with E-state index >= 15 is 0 Å². The minimum absolute atomic E-state index is 0.218. The summed E-state index contributed by atoms with van der Waals surface area (Å²) in [4.78, 5) is 14.2. The lowest BCUT2D eigenvalue weighted by molar-refractivity contribution is 0.0780. The molecule has 0 bridgehead atoms. The largest absolute Gasteiger partial charge is 0.337 e. The van der Waals surface area contributed by atoms with E-state index in [2.05, 4.69) is 20.7 Å². The van der Waals surface area contributed by atoms with E-state index in [4.69, 9.17) is 11.6 Å². The minimum atomic E-state index is -0.218. The predicted molar refractivity (Wildman–Crippen MR) is 93.4 cm³/mol. The molecule has 0 saturated heterocycles. The number of H-pyrrole nitrogens is 1. The van der Waals surface area contributed by atoms with Gasteiger partial charge in [-0.25, -0.2) is 0 Å². The third-order valence-electron chi connectivity index (χ3n) is 3.47. The molecule has 0 radical (unpaired) electrons. The molecule has 0 aliphatic rings. The number of amides is 1. The maximum atomic E-state index is 12.6. The average molecular weight is 342 g/mol. The highest BCUT2D eigenvalue weighted by atomic mass is 35.5. The number of rotatable bonds is 5. The van der Waals surface area contributed by atoms with Gasteiger partial charge < -0.3 is 10.2 Å². The Labute approximate surface area is 144 Å². The number of aromatic nitrogens is 3. The van der Waals surface area contributed by atoms with Gasteiger partial charge in [0.2, 0.25) is 0 Å². The molecule has 0 saturated carbocycles. The Morgan fingerprint density at radius 3 is 2.54 bits per heavy atom. The maximum absolute atomic E-state index is 12.6. The van der Waals surface area contributed by atoms with Crippen LogP contribution in [-0.4, -0.2) is 33.3 Å². The minimum Gasteiger partial charge on any atom is -0.337 e. The number of halogens is 1. The first-order valence-electron chi connectivity index (χ1n) is 7.36. The Hall–Kier alpha value is -2.86. The predicted octanol–water partition coefficient (Wildman–Crippen LogP) is 3.47. The molecule has 1 heterocycles. The zero-order chi connectivity index (χ0) is 16.9. The van der Waals surface area contributed by atoms with E-state index in [1.165, 1.54) is 0 Å². The number of hydrogen-bond donors (Lipinski definition) is 2. The molecule has 0 fully saturated rings. The highest BCUT2D eigenvalue weighted by Gasteiger charge is 2.20. The second kappa shape index (κ2) is 7.14. The topological polar surface area (TPSA) is 73.9 Å². The SMILES string of the molecule is CN(Cc1ccccc1)C(=O)c1n[nH]nc1Nc1ccc(Cl)cc1. The van der Waals surface area contributed by atoms with Crippen molar-refractivity contribution in [2.24, 2.45) is 0 Å². The van der Waals surface area contributed by atoms with Crippen molar-refractivity contribution in [2.45, 2.75) is 6.54 Å². The van der Waals surface area contributed by atoms with Crippen molar-refractivity contribution in [3.8, 4) is 0 Å². The number of anilines is 2. The van der Waals surface area contributed by atoms with Gasteiger partial charge in [-0.15, -0.1) is 10.2 Å². The van der Waals surface area contributed by atoms with Gasteiger partial charge in [-0.1, -0.05) is 41.9 Å². The van der Waals surface area contributed by atoms with E-state index in [9.17, 15) is 4.79 Å². The fourth-order valence-electron chi connectivity index (χ4n) is 2.25. The highest BCUT2D eigenvalue weighted by Crippen LogP contribution is 2.20. The molecule has 0 aliphatic heterocycles. The fraction of sp³-hybridized carbons (Fsp3) is 0.118. The molecule has 2 N–H and O–H groups in total. The summed E-state index contributed by atoms with van der Waals surface area (Å²) in [5.74, 6) is 0.159. The number of hydrogen-bond acceptors (Lipinski definition) is 4. The van der Waals surface area contributed by atoms with E-state index in [0.29, 0.717) is 17.4 Å². The average Bonchev–Trinajstić information content (AvgIpc) is 3.05. The van der Waals surface area contributed by atoms with Crippen molar-refractivity contribution in [1.82, 2.24) is 20.3 Å². The first-order chi connectivity index (χ1) is 11.6.